The molecule has 1 rings (SSSR count). The average Bonchev–Trinajstić information content (AvgIpc) is 2.49. The summed E-state index contributed by atoms with van der Waals surface area (Å²) in [6.45, 7) is 6.37. The number of hydroxylamine groups is 1. The van der Waals surface area contributed by atoms with E-state index in [2.05, 4.69) is 10.5 Å². The van der Waals surface area contributed by atoms with Crippen LogP contribution in [0.4, 0.5) is 0 Å². The summed E-state index contributed by atoms with van der Waals surface area (Å²) in [5, 5.41) is 0. The topological polar surface area (TPSA) is 77.5 Å². The molecule has 0 fully saturated rings. The van der Waals surface area contributed by atoms with Gasteiger partial charge in [0.25, 0.3) is 0 Å². The molecular weight excluding hydrogens is 272 g/mol. The molecule has 1 atom stereocenters. The van der Waals surface area contributed by atoms with Crippen LogP contribution in [-0.4, -0.2) is 30.1 Å². The number of ether oxygens (including phenoxy) is 1. The lowest BCUT2D eigenvalue weighted by atomic mass is 10.2. The van der Waals surface area contributed by atoms with Gasteiger partial charge in [0.2, 0.25) is 5.91 Å². The third kappa shape index (κ3) is 7.53. The molecule has 6 nitrogen and oxygen atoms in total. The van der Waals surface area contributed by atoms with Gasteiger partial charge in [-0.05, 0) is 31.4 Å². The number of hydrogen-bond donors (Lipinski definition) is 1. The fraction of sp³-hybridized carbons (Fsp3) is 0.533. The number of carbonyl (C=O) groups is 2. The smallest absolute Gasteiger partial charge is 0.244 e. The molecule has 1 unspecified atom stereocenters. The number of hydrogen-bond acceptors (Lipinski definition) is 5. The number of aromatic nitrogens is 1. The van der Waals surface area contributed by atoms with Gasteiger partial charge < -0.3 is 4.74 Å². The summed E-state index contributed by atoms with van der Waals surface area (Å²) in [5.41, 5.74) is 3.62. The second kappa shape index (κ2) is 9.20. The Balaban J connectivity index is 2.22. The summed E-state index contributed by atoms with van der Waals surface area (Å²) in [4.78, 5) is 31.3. The molecule has 21 heavy (non-hydrogen) atoms. The Morgan fingerprint density at radius 2 is 2.14 bits per heavy atom. The maximum atomic E-state index is 11.6. The first kappa shape index (κ1) is 17.3. The lowest BCUT2D eigenvalue weighted by Gasteiger charge is -2.15. The molecule has 1 amide bonds. The third-order valence-electron chi connectivity index (χ3n) is 2.59. The van der Waals surface area contributed by atoms with Crippen molar-refractivity contribution in [2.75, 3.05) is 6.61 Å². The van der Waals surface area contributed by atoms with Gasteiger partial charge in [0, 0.05) is 23.9 Å². The van der Waals surface area contributed by atoms with Crippen molar-refractivity contribution < 1.29 is 19.2 Å². The molecule has 0 aromatic carbocycles. The monoisotopic (exact) mass is 294 g/mol. The van der Waals surface area contributed by atoms with E-state index in [9.17, 15) is 9.59 Å². The van der Waals surface area contributed by atoms with E-state index in [1.165, 1.54) is 6.20 Å². The maximum absolute atomic E-state index is 11.6. The highest BCUT2D eigenvalue weighted by molar-refractivity contribution is 5.75. The van der Waals surface area contributed by atoms with Crippen molar-refractivity contribution in [2.24, 2.45) is 5.92 Å². The molecule has 0 aliphatic heterocycles. The Labute approximate surface area is 124 Å². The molecular formula is C15H22N2O4. The van der Waals surface area contributed by atoms with E-state index in [1.807, 2.05) is 13.8 Å². The molecule has 116 valence electrons. The normalized spacial score (nSPS) is 12.2. The number of nitrogens with zero attached hydrogens (tertiary/aromatic N) is 1. The Morgan fingerprint density at radius 1 is 1.38 bits per heavy atom. The summed E-state index contributed by atoms with van der Waals surface area (Å²) in [6.07, 6.45) is 2.47. The van der Waals surface area contributed by atoms with Crippen molar-refractivity contribution in [3.8, 4) is 0 Å². The first-order valence-electron chi connectivity index (χ1n) is 6.97. The first-order valence-corrected chi connectivity index (χ1v) is 6.97. The minimum atomic E-state index is -0.485. The van der Waals surface area contributed by atoms with Crippen LogP contribution < -0.4 is 5.48 Å². The Hall–Kier alpha value is -1.79. The molecule has 0 saturated heterocycles. The lowest BCUT2D eigenvalue weighted by Crippen LogP contribution is -2.30. The SMILES string of the molecule is CC(C)COC(C)ONC(=O)CCc1ccc(C=O)cn1. The number of aryl methyl sites for hydroxylation is 1. The molecule has 0 saturated carbocycles. The Morgan fingerprint density at radius 3 is 2.71 bits per heavy atom. The molecule has 1 N–H and O–H groups in total. The summed E-state index contributed by atoms with van der Waals surface area (Å²) in [7, 11) is 0. The quantitative estimate of drug-likeness (QED) is 0.427. The van der Waals surface area contributed by atoms with Gasteiger partial charge in [-0.15, -0.1) is 0 Å². The molecule has 6 heteroatoms. The molecule has 0 aliphatic carbocycles. The van der Waals surface area contributed by atoms with E-state index < -0.39 is 6.29 Å². The fourth-order valence-corrected chi connectivity index (χ4v) is 1.46. The fourth-order valence-electron chi connectivity index (χ4n) is 1.46. The van der Waals surface area contributed by atoms with Gasteiger partial charge >= 0.3 is 0 Å². The molecule has 0 spiro atoms. The highest BCUT2D eigenvalue weighted by Gasteiger charge is 2.08. The summed E-state index contributed by atoms with van der Waals surface area (Å²) in [6, 6.07) is 3.40. The van der Waals surface area contributed by atoms with Gasteiger partial charge in [0.15, 0.2) is 12.6 Å². The third-order valence-corrected chi connectivity index (χ3v) is 2.59. The van der Waals surface area contributed by atoms with Gasteiger partial charge in [-0.3, -0.25) is 14.6 Å². The summed E-state index contributed by atoms with van der Waals surface area (Å²) in [5.74, 6) is 0.170. The molecule has 1 aromatic rings. The van der Waals surface area contributed by atoms with Crippen LogP contribution in [0.2, 0.25) is 0 Å². The lowest BCUT2D eigenvalue weighted by molar-refractivity contribution is -0.183. The average molecular weight is 294 g/mol. The Bertz CT molecular complexity index is 445. The molecule has 0 bridgehead atoms. The van der Waals surface area contributed by atoms with Crippen LogP contribution in [0.3, 0.4) is 0 Å². The number of carbonyl (C=O) groups excluding carboxylic acids is 2. The van der Waals surface area contributed by atoms with Gasteiger partial charge in [0.1, 0.15) is 0 Å². The van der Waals surface area contributed by atoms with Crippen molar-refractivity contribution in [3.05, 3.63) is 29.6 Å². The molecule has 1 heterocycles. The summed E-state index contributed by atoms with van der Waals surface area (Å²) >= 11 is 0. The standard InChI is InChI=1S/C15H22N2O4/c1-11(2)10-20-12(3)21-17-15(19)7-6-14-5-4-13(9-18)8-16-14/h4-5,8-9,11-12H,6-7,10H2,1-3H3,(H,17,19). The van der Waals surface area contributed by atoms with Gasteiger partial charge in [-0.1, -0.05) is 13.8 Å². The zero-order valence-electron chi connectivity index (χ0n) is 12.7. The molecule has 1 aromatic heterocycles. The molecule has 0 aliphatic rings. The van der Waals surface area contributed by atoms with Crippen molar-refractivity contribution in [1.29, 1.82) is 0 Å². The van der Waals surface area contributed by atoms with E-state index in [1.54, 1.807) is 19.1 Å². The highest BCUT2D eigenvalue weighted by atomic mass is 16.8. The predicted molar refractivity (Wildman–Crippen MR) is 77.4 cm³/mol. The Kier molecular flexibility index (Phi) is 7.56. The zero-order valence-corrected chi connectivity index (χ0v) is 12.7. The van der Waals surface area contributed by atoms with Crippen LogP contribution >= 0.6 is 0 Å². The number of pyridine rings is 1. The van der Waals surface area contributed by atoms with Crippen molar-refractivity contribution in [1.82, 2.24) is 10.5 Å². The van der Waals surface area contributed by atoms with E-state index in [0.29, 0.717) is 24.5 Å². The number of aldehydes is 1. The molecule has 0 radical (unpaired) electrons. The minimum absolute atomic E-state index is 0.240. The van der Waals surface area contributed by atoms with Crippen LogP contribution in [0.25, 0.3) is 0 Å². The van der Waals surface area contributed by atoms with Crippen LogP contribution in [0.5, 0.6) is 0 Å². The first-order chi connectivity index (χ1) is 10.0. The van der Waals surface area contributed by atoms with Crippen LogP contribution in [0.15, 0.2) is 18.3 Å². The second-order valence-electron chi connectivity index (χ2n) is 5.14. The van der Waals surface area contributed by atoms with Gasteiger partial charge in [-0.25, -0.2) is 10.3 Å². The highest BCUT2D eigenvalue weighted by Crippen LogP contribution is 2.02. The number of rotatable bonds is 9. The van der Waals surface area contributed by atoms with Gasteiger partial charge in [0.05, 0.1) is 6.61 Å². The van der Waals surface area contributed by atoms with E-state index >= 15 is 0 Å². The van der Waals surface area contributed by atoms with Crippen molar-refractivity contribution in [3.63, 3.8) is 0 Å². The van der Waals surface area contributed by atoms with Crippen molar-refractivity contribution in [2.45, 2.75) is 39.9 Å². The second-order valence-corrected chi connectivity index (χ2v) is 5.14. The van der Waals surface area contributed by atoms with Crippen LogP contribution in [-0.2, 0) is 20.8 Å². The van der Waals surface area contributed by atoms with Crippen molar-refractivity contribution >= 4 is 12.2 Å². The zero-order chi connectivity index (χ0) is 15.7. The largest absolute Gasteiger partial charge is 0.350 e. The van der Waals surface area contributed by atoms with E-state index in [4.69, 9.17) is 9.57 Å². The number of amides is 1. The summed E-state index contributed by atoms with van der Waals surface area (Å²) < 4.78 is 5.36. The van der Waals surface area contributed by atoms with Crippen LogP contribution in [0, 0.1) is 5.92 Å². The van der Waals surface area contributed by atoms with Gasteiger partial charge in [-0.2, -0.15) is 0 Å². The minimum Gasteiger partial charge on any atom is -0.350 e. The van der Waals surface area contributed by atoms with E-state index in [-0.39, 0.29) is 12.3 Å². The van der Waals surface area contributed by atoms with Crippen LogP contribution in [0.1, 0.15) is 43.2 Å². The van der Waals surface area contributed by atoms with E-state index in [0.717, 1.165) is 12.0 Å². The number of nitrogens with one attached hydrogen (secondary N) is 1. The predicted octanol–water partition coefficient (Wildman–Crippen LogP) is 1.89. The maximum Gasteiger partial charge on any atom is 0.244 e.